The number of Topliss-reactive ketones (excluding diaryl/α,β-unsaturated/α-hetero) is 1. The van der Waals surface area contributed by atoms with E-state index in [0.29, 0.717) is 17.9 Å². The molecule has 0 amide bonds. The Bertz CT molecular complexity index is 1110. The van der Waals surface area contributed by atoms with E-state index in [-0.39, 0.29) is 12.4 Å². The van der Waals surface area contributed by atoms with Crippen LogP contribution in [-0.4, -0.2) is 77.2 Å². The summed E-state index contributed by atoms with van der Waals surface area (Å²) in [6.45, 7) is 13.8. The van der Waals surface area contributed by atoms with Gasteiger partial charge in [-0.1, -0.05) is 24.6 Å². The molecule has 1 aliphatic rings. The number of β-amino-alcohol motifs (C(OH)–C–C–N with tert-alkyl or cyclic N) is 1. The molecule has 176 valence electrons. The SMILES string of the molecule is CCN1CCN(C[C@H](O)COc2ccc3c(c2)c(C(C)=O)c(C)n3-c2ccc(C)cc2)CC1. The number of fused-ring (bicyclic) bond motifs is 1. The Morgan fingerprint density at radius 2 is 1.70 bits per heavy atom. The molecular weight excluding hydrogens is 414 g/mol. The lowest BCUT2D eigenvalue weighted by Crippen LogP contribution is -2.49. The summed E-state index contributed by atoms with van der Waals surface area (Å²) in [4.78, 5) is 17.2. The summed E-state index contributed by atoms with van der Waals surface area (Å²) in [5.41, 5.74) is 4.84. The monoisotopic (exact) mass is 449 g/mol. The number of rotatable bonds is 8. The zero-order chi connectivity index (χ0) is 23.5. The number of aryl methyl sites for hydroxylation is 1. The van der Waals surface area contributed by atoms with Crippen molar-refractivity contribution >= 4 is 16.7 Å². The molecule has 2 aromatic carbocycles. The van der Waals surface area contributed by atoms with Crippen LogP contribution in [-0.2, 0) is 0 Å². The van der Waals surface area contributed by atoms with Crippen LogP contribution >= 0.6 is 0 Å². The first-order valence-electron chi connectivity index (χ1n) is 11.9. The first-order valence-corrected chi connectivity index (χ1v) is 11.9. The van der Waals surface area contributed by atoms with E-state index in [9.17, 15) is 9.90 Å². The molecule has 0 spiro atoms. The molecule has 1 fully saturated rings. The Balaban J connectivity index is 1.51. The van der Waals surface area contributed by atoms with Crippen LogP contribution in [0.5, 0.6) is 5.75 Å². The lowest BCUT2D eigenvalue weighted by Gasteiger charge is -2.34. The van der Waals surface area contributed by atoms with Gasteiger partial charge in [-0.2, -0.15) is 0 Å². The second kappa shape index (κ2) is 10.1. The van der Waals surface area contributed by atoms with Gasteiger partial charge in [-0.05, 0) is 57.6 Å². The van der Waals surface area contributed by atoms with Crippen LogP contribution in [0.15, 0.2) is 42.5 Å². The van der Waals surface area contributed by atoms with Crippen molar-refractivity contribution in [2.75, 3.05) is 45.9 Å². The van der Waals surface area contributed by atoms with Crippen LogP contribution in [0.4, 0.5) is 0 Å². The van der Waals surface area contributed by atoms with E-state index >= 15 is 0 Å². The summed E-state index contributed by atoms with van der Waals surface area (Å²) < 4.78 is 8.08. The zero-order valence-electron chi connectivity index (χ0n) is 20.2. The second-order valence-corrected chi connectivity index (χ2v) is 9.07. The quantitative estimate of drug-likeness (QED) is 0.530. The number of ether oxygens (including phenoxy) is 1. The highest BCUT2D eigenvalue weighted by molar-refractivity contribution is 6.09. The Morgan fingerprint density at radius 1 is 1.03 bits per heavy atom. The lowest BCUT2D eigenvalue weighted by atomic mass is 10.1. The molecule has 1 saturated heterocycles. The molecule has 0 aliphatic carbocycles. The third kappa shape index (κ3) is 5.13. The third-order valence-corrected chi connectivity index (χ3v) is 6.64. The van der Waals surface area contributed by atoms with Gasteiger partial charge in [0.25, 0.3) is 0 Å². The third-order valence-electron chi connectivity index (χ3n) is 6.64. The van der Waals surface area contributed by atoms with Crippen molar-refractivity contribution in [3.63, 3.8) is 0 Å². The number of aromatic nitrogens is 1. The number of carbonyl (C=O) groups excluding carboxylic acids is 1. The molecule has 6 heteroatoms. The van der Waals surface area contributed by atoms with Crippen LogP contribution < -0.4 is 4.74 Å². The maximum absolute atomic E-state index is 12.5. The average molecular weight is 450 g/mol. The largest absolute Gasteiger partial charge is 0.491 e. The predicted molar refractivity (Wildman–Crippen MR) is 133 cm³/mol. The van der Waals surface area contributed by atoms with E-state index in [1.807, 2.05) is 25.1 Å². The molecule has 1 N–H and O–H groups in total. The van der Waals surface area contributed by atoms with Gasteiger partial charge in [0.15, 0.2) is 5.78 Å². The van der Waals surface area contributed by atoms with Gasteiger partial charge in [0.05, 0.1) is 5.52 Å². The number of aliphatic hydroxyl groups is 1. The summed E-state index contributed by atoms with van der Waals surface area (Å²) in [6.07, 6.45) is -0.556. The summed E-state index contributed by atoms with van der Waals surface area (Å²) >= 11 is 0. The first kappa shape index (κ1) is 23.5. The molecule has 33 heavy (non-hydrogen) atoms. The topological polar surface area (TPSA) is 57.9 Å². The van der Waals surface area contributed by atoms with Crippen molar-refractivity contribution in [2.45, 2.75) is 33.8 Å². The van der Waals surface area contributed by atoms with E-state index in [4.69, 9.17) is 4.74 Å². The Hall–Kier alpha value is -2.67. The molecule has 1 aliphatic heterocycles. The van der Waals surface area contributed by atoms with Crippen molar-refractivity contribution in [1.29, 1.82) is 0 Å². The van der Waals surface area contributed by atoms with Crippen molar-refractivity contribution in [1.82, 2.24) is 14.4 Å². The minimum atomic E-state index is -0.556. The number of benzene rings is 2. The minimum absolute atomic E-state index is 0.0340. The maximum Gasteiger partial charge on any atom is 0.162 e. The smallest absolute Gasteiger partial charge is 0.162 e. The predicted octanol–water partition coefficient (Wildman–Crippen LogP) is 3.83. The van der Waals surface area contributed by atoms with Crippen LogP contribution in [0.25, 0.3) is 16.6 Å². The Labute approximate surface area is 196 Å². The molecule has 1 atom stereocenters. The van der Waals surface area contributed by atoms with Crippen LogP contribution in [0.2, 0.25) is 0 Å². The van der Waals surface area contributed by atoms with Crippen LogP contribution in [0.1, 0.15) is 35.5 Å². The molecule has 2 heterocycles. The number of hydrogen-bond acceptors (Lipinski definition) is 5. The first-order chi connectivity index (χ1) is 15.9. The number of ketones is 1. The number of carbonyl (C=O) groups is 1. The zero-order valence-corrected chi connectivity index (χ0v) is 20.2. The molecule has 0 unspecified atom stereocenters. The van der Waals surface area contributed by atoms with E-state index in [1.165, 1.54) is 5.56 Å². The fraction of sp³-hybridized carbons (Fsp3) is 0.444. The van der Waals surface area contributed by atoms with Gasteiger partial charge in [-0.3, -0.25) is 9.69 Å². The molecule has 3 aromatic rings. The molecule has 0 bridgehead atoms. The van der Waals surface area contributed by atoms with Crippen molar-refractivity contribution in [3.8, 4) is 11.4 Å². The van der Waals surface area contributed by atoms with Gasteiger partial charge < -0.3 is 19.3 Å². The van der Waals surface area contributed by atoms with E-state index in [2.05, 4.69) is 52.5 Å². The van der Waals surface area contributed by atoms with Crippen LogP contribution in [0, 0.1) is 13.8 Å². The van der Waals surface area contributed by atoms with Gasteiger partial charge in [0, 0.05) is 55.1 Å². The fourth-order valence-corrected chi connectivity index (χ4v) is 4.79. The van der Waals surface area contributed by atoms with Crippen molar-refractivity contribution < 1.29 is 14.6 Å². The van der Waals surface area contributed by atoms with Gasteiger partial charge >= 0.3 is 0 Å². The Kier molecular flexibility index (Phi) is 7.17. The van der Waals surface area contributed by atoms with Crippen LogP contribution in [0.3, 0.4) is 0 Å². The van der Waals surface area contributed by atoms with Crippen molar-refractivity contribution in [2.24, 2.45) is 0 Å². The second-order valence-electron chi connectivity index (χ2n) is 9.07. The molecule has 1 aromatic heterocycles. The van der Waals surface area contributed by atoms with E-state index < -0.39 is 6.10 Å². The van der Waals surface area contributed by atoms with E-state index in [1.54, 1.807) is 6.92 Å². The number of aliphatic hydroxyl groups excluding tert-OH is 1. The molecule has 4 rings (SSSR count). The lowest BCUT2D eigenvalue weighted by molar-refractivity contribution is 0.0471. The number of piperazine rings is 1. The maximum atomic E-state index is 12.5. The highest BCUT2D eigenvalue weighted by Gasteiger charge is 2.21. The normalized spacial score (nSPS) is 16.3. The number of hydrogen-bond donors (Lipinski definition) is 1. The summed E-state index contributed by atoms with van der Waals surface area (Å²) in [5.74, 6) is 0.702. The van der Waals surface area contributed by atoms with Gasteiger partial charge in [0.1, 0.15) is 18.5 Å². The molecule has 6 nitrogen and oxygen atoms in total. The highest BCUT2D eigenvalue weighted by Crippen LogP contribution is 2.32. The summed E-state index contributed by atoms with van der Waals surface area (Å²) in [5, 5.41) is 11.4. The average Bonchev–Trinajstić information content (AvgIpc) is 3.10. The van der Waals surface area contributed by atoms with Gasteiger partial charge in [0.2, 0.25) is 0 Å². The highest BCUT2D eigenvalue weighted by atomic mass is 16.5. The summed E-state index contributed by atoms with van der Waals surface area (Å²) in [7, 11) is 0. The molecule has 0 radical (unpaired) electrons. The molecular formula is C27H35N3O3. The van der Waals surface area contributed by atoms with Gasteiger partial charge in [-0.25, -0.2) is 0 Å². The van der Waals surface area contributed by atoms with Gasteiger partial charge in [-0.15, -0.1) is 0 Å². The van der Waals surface area contributed by atoms with E-state index in [0.717, 1.165) is 55.0 Å². The number of nitrogens with zero attached hydrogens (tertiary/aromatic N) is 3. The molecule has 0 saturated carbocycles. The number of likely N-dealkylation sites (N-methyl/N-ethyl adjacent to an activating group) is 1. The standard InChI is InChI=1S/C27H35N3O3/c1-5-28-12-14-29(15-13-28)17-23(32)18-33-24-10-11-26-25(16-24)27(21(4)31)20(3)30(26)22-8-6-19(2)7-9-22/h6-11,16,23,32H,5,12-15,17-18H2,1-4H3/t23-/m0/s1. The Morgan fingerprint density at radius 3 is 2.33 bits per heavy atom. The fourth-order valence-electron chi connectivity index (χ4n) is 4.79. The minimum Gasteiger partial charge on any atom is -0.491 e. The van der Waals surface area contributed by atoms with Crippen molar-refractivity contribution in [3.05, 3.63) is 59.3 Å². The summed E-state index contributed by atoms with van der Waals surface area (Å²) in [6, 6.07) is 14.2.